The van der Waals surface area contributed by atoms with E-state index in [0.29, 0.717) is 19.0 Å². The Hall–Kier alpha value is -3.22. The van der Waals surface area contributed by atoms with Crippen molar-refractivity contribution in [1.29, 1.82) is 0 Å². The molecule has 7 heteroatoms. The van der Waals surface area contributed by atoms with Crippen molar-refractivity contribution in [1.82, 2.24) is 14.5 Å². The van der Waals surface area contributed by atoms with E-state index in [1.165, 1.54) is 12.1 Å². The van der Waals surface area contributed by atoms with E-state index in [4.69, 9.17) is 0 Å². The van der Waals surface area contributed by atoms with Gasteiger partial charge in [-0.1, -0.05) is 24.3 Å². The Bertz CT molecular complexity index is 990. The average molecular weight is 364 g/mol. The van der Waals surface area contributed by atoms with Gasteiger partial charge < -0.3 is 9.47 Å². The van der Waals surface area contributed by atoms with Crippen molar-refractivity contribution in [2.24, 2.45) is 5.92 Å². The molecule has 2 heterocycles. The van der Waals surface area contributed by atoms with Crippen molar-refractivity contribution in [3.05, 3.63) is 70.5 Å². The number of aromatic nitrogens is 2. The fourth-order valence-corrected chi connectivity index (χ4v) is 3.74. The van der Waals surface area contributed by atoms with E-state index in [2.05, 4.69) is 15.6 Å². The number of nitro benzene ring substituents is 1. The minimum absolute atomic E-state index is 0.130. The Balaban J connectivity index is 1.42. The van der Waals surface area contributed by atoms with Crippen LogP contribution in [0.1, 0.15) is 23.2 Å². The number of nitrogens with zero attached hydrogens (tertiary/aromatic N) is 4. The molecular formula is C20H20N4O3. The number of imidazole rings is 1. The number of amides is 1. The largest absolute Gasteiger partial charge is 0.338 e. The summed E-state index contributed by atoms with van der Waals surface area (Å²) in [4.78, 5) is 29.6. The van der Waals surface area contributed by atoms with Crippen molar-refractivity contribution < 1.29 is 9.72 Å². The third-order valence-electron chi connectivity index (χ3n) is 5.22. The van der Waals surface area contributed by atoms with E-state index in [1.807, 2.05) is 24.5 Å². The fraction of sp³-hybridized carbons (Fsp3) is 0.300. The summed E-state index contributed by atoms with van der Waals surface area (Å²) in [5.41, 5.74) is 2.15. The van der Waals surface area contributed by atoms with Crippen molar-refractivity contribution in [2.45, 2.75) is 19.4 Å². The highest BCUT2D eigenvalue weighted by atomic mass is 16.6. The monoisotopic (exact) mass is 364 g/mol. The quantitative estimate of drug-likeness (QED) is 0.524. The van der Waals surface area contributed by atoms with Crippen LogP contribution in [0.5, 0.6) is 0 Å². The predicted octanol–water partition coefficient (Wildman–Crippen LogP) is 3.50. The maximum absolute atomic E-state index is 12.7. The number of para-hydroxylation sites is 3. The Morgan fingerprint density at radius 3 is 2.59 bits per heavy atom. The first-order chi connectivity index (χ1) is 13.1. The SMILES string of the molecule is O=C(c1ccccc1[N+](=O)[O-])N1CCC(Cn2cnc3ccccc32)CC1. The molecule has 138 valence electrons. The third kappa shape index (κ3) is 3.40. The van der Waals surface area contributed by atoms with Gasteiger partial charge in [0, 0.05) is 25.7 Å². The number of carbonyl (C=O) groups excluding carboxylic acids is 1. The highest BCUT2D eigenvalue weighted by Gasteiger charge is 2.28. The van der Waals surface area contributed by atoms with Crippen LogP contribution in [-0.2, 0) is 6.54 Å². The Morgan fingerprint density at radius 1 is 1.11 bits per heavy atom. The van der Waals surface area contributed by atoms with E-state index in [-0.39, 0.29) is 17.2 Å². The second kappa shape index (κ2) is 7.19. The van der Waals surface area contributed by atoms with Crippen molar-refractivity contribution in [3.63, 3.8) is 0 Å². The average Bonchev–Trinajstić information content (AvgIpc) is 3.11. The summed E-state index contributed by atoms with van der Waals surface area (Å²) in [6.07, 6.45) is 3.62. The molecule has 3 aromatic rings. The molecule has 4 rings (SSSR count). The van der Waals surface area contributed by atoms with Crippen molar-refractivity contribution in [3.8, 4) is 0 Å². The number of nitro groups is 1. The minimum atomic E-state index is -0.496. The summed E-state index contributed by atoms with van der Waals surface area (Å²) in [7, 11) is 0. The van der Waals surface area contributed by atoms with Crippen LogP contribution < -0.4 is 0 Å². The van der Waals surface area contributed by atoms with Crippen molar-refractivity contribution >= 4 is 22.6 Å². The standard InChI is InChI=1S/C20H20N4O3/c25-20(16-5-1-3-7-18(16)24(26)27)22-11-9-15(10-12-22)13-23-14-21-17-6-2-4-8-19(17)23/h1-8,14-15H,9-13H2. The molecule has 0 unspecified atom stereocenters. The first kappa shape index (κ1) is 17.2. The van der Waals surface area contributed by atoms with Gasteiger partial charge in [-0.15, -0.1) is 0 Å². The van der Waals surface area contributed by atoms with Gasteiger partial charge in [-0.05, 0) is 37.0 Å². The molecule has 0 spiro atoms. The van der Waals surface area contributed by atoms with Gasteiger partial charge in [-0.3, -0.25) is 14.9 Å². The highest BCUT2D eigenvalue weighted by molar-refractivity contribution is 5.98. The first-order valence-corrected chi connectivity index (χ1v) is 9.06. The van der Waals surface area contributed by atoms with Crippen LogP contribution >= 0.6 is 0 Å². The van der Waals surface area contributed by atoms with Crippen LogP contribution in [0.2, 0.25) is 0 Å². The smallest absolute Gasteiger partial charge is 0.282 e. The third-order valence-corrected chi connectivity index (χ3v) is 5.22. The van der Waals surface area contributed by atoms with E-state index < -0.39 is 4.92 Å². The van der Waals surface area contributed by atoms with Crippen molar-refractivity contribution in [2.75, 3.05) is 13.1 Å². The van der Waals surface area contributed by atoms with E-state index in [1.54, 1.807) is 17.0 Å². The maximum Gasteiger partial charge on any atom is 0.282 e. The van der Waals surface area contributed by atoms with Crippen LogP contribution in [0.3, 0.4) is 0 Å². The molecule has 1 saturated heterocycles. The van der Waals surface area contributed by atoms with Gasteiger partial charge >= 0.3 is 0 Å². The highest BCUT2D eigenvalue weighted by Crippen LogP contribution is 2.25. The van der Waals surface area contributed by atoms with Gasteiger partial charge in [-0.25, -0.2) is 4.98 Å². The molecule has 1 fully saturated rings. The van der Waals surface area contributed by atoms with Gasteiger partial charge in [0.25, 0.3) is 11.6 Å². The van der Waals surface area contributed by atoms with Crippen LogP contribution in [0.4, 0.5) is 5.69 Å². The number of likely N-dealkylation sites (tertiary alicyclic amines) is 1. The lowest BCUT2D eigenvalue weighted by Crippen LogP contribution is -2.39. The maximum atomic E-state index is 12.7. The summed E-state index contributed by atoms with van der Waals surface area (Å²) in [6, 6.07) is 14.2. The molecule has 27 heavy (non-hydrogen) atoms. The molecular weight excluding hydrogens is 344 g/mol. The van der Waals surface area contributed by atoms with Crippen LogP contribution in [0.25, 0.3) is 11.0 Å². The molecule has 0 bridgehead atoms. The molecule has 0 N–H and O–H groups in total. The summed E-state index contributed by atoms with van der Waals surface area (Å²) in [5, 5.41) is 11.2. The van der Waals surface area contributed by atoms with Crippen LogP contribution in [0.15, 0.2) is 54.9 Å². The molecule has 1 amide bonds. The number of piperidine rings is 1. The molecule has 1 aliphatic rings. The lowest BCUT2D eigenvalue weighted by molar-refractivity contribution is -0.385. The molecule has 0 saturated carbocycles. The zero-order chi connectivity index (χ0) is 18.8. The minimum Gasteiger partial charge on any atom is -0.338 e. The number of hydrogen-bond donors (Lipinski definition) is 0. The summed E-state index contributed by atoms with van der Waals surface area (Å²) in [6.45, 7) is 2.10. The predicted molar refractivity (Wildman–Crippen MR) is 101 cm³/mol. The number of hydrogen-bond acceptors (Lipinski definition) is 4. The van der Waals surface area contributed by atoms with Gasteiger partial charge in [0.15, 0.2) is 0 Å². The van der Waals surface area contributed by atoms with E-state index in [0.717, 1.165) is 30.4 Å². The molecule has 1 aliphatic heterocycles. The molecule has 2 aromatic carbocycles. The van der Waals surface area contributed by atoms with Gasteiger partial charge in [-0.2, -0.15) is 0 Å². The van der Waals surface area contributed by atoms with Gasteiger partial charge in [0.1, 0.15) is 5.56 Å². The molecule has 7 nitrogen and oxygen atoms in total. The molecule has 0 radical (unpaired) electrons. The lowest BCUT2D eigenvalue weighted by Gasteiger charge is -2.32. The van der Waals surface area contributed by atoms with Crippen LogP contribution in [-0.4, -0.2) is 38.4 Å². The van der Waals surface area contributed by atoms with Crippen LogP contribution in [0, 0.1) is 16.0 Å². The normalized spacial score (nSPS) is 15.2. The summed E-state index contributed by atoms with van der Waals surface area (Å²) in [5.74, 6) is 0.200. The molecule has 1 aromatic heterocycles. The fourth-order valence-electron chi connectivity index (χ4n) is 3.74. The first-order valence-electron chi connectivity index (χ1n) is 9.06. The molecule has 0 atom stereocenters. The Kier molecular flexibility index (Phi) is 4.58. The van der Waals surface area contributed by atoms with Gasteiger partial charge in [0.2, 0.25) is 0 Å². The van der Waals surface area contributed by atoms with E-state index >= 15 is 0 Å². The number of rotatable bonds is 4. The number of carbonyl (C=O) groups is 1. The second-order valence-electron chi connectivity index (χ2n) is 6.90. The molecule has 0 aliphatic carbocycles. The zero-order valence-corrected chi connectivity index (χ0v) is 14.8. The summed E-state index contributed by atoms with van der Waals surface area (Å²) >= 11 is 0. The lowest BCUT2D eigenvalue weighted by atomic mass is 9.96. The topological polar surface area (TPSA) is 81.3 Å². The van der Waals surface area contributed by atoms with Gasteiger partial charge in [0.05, 0.1) is 22.3 Å². The Labute approximate surface area is 156 Å². The second-order valence-corrected chi connectivity index (χ2v) is 6.90. The number of benzene rings is 2. The Morgan fingerprint density at radius 2 is 1.81 bits per heavy atom. The number of fused-ring (bicyclic) bond motifs is 1. The van der Waals surface area contributed by atoms with E-state index in [9.17, 15) is 14.9 Å². The summed E-state index contributed by atoms with van der Waals surface area (Å²) < 4.78 is 2.17. The zero-order valence-electron chi connectivity index (χ0n) is 14.8.